The second-order valence-electron chi connectivity index (χ2n) is 30.3. The summed E-state index contributed by atoms with van der Waals surface area (Å²) < 4.78 is 22.3. The first-order chi connectivity index (χ1) is 42.3. The Balaban J connectivity index is 1.04. The Morgan fingerprint density at radius 3 is 1.48 bits per heavy atom. The minimum atomic E-state index is -0.451. The first-order valence-corrected chi connectivity index (χ1v) is 31.7. The highest BCUT2D eigenvalue weighted by Gasteiger charge is 2.51. The molecule has 0 bridgehead atoms. The fraction of sp³-hybridized carbons (Fsp3) is 0.244. The Bertz CT molecular complexity index is 4910. The lowest BCUT2D eigenvalue weighted by atomic mass is 9.45. The number of hydrogen-bond donors (Lipinski definition) is 0. The van der Waals surface area contributed by atoms with E-state index in [2.05, 4.69) is 319 Å². The molecule has 0 saturated carbocycles. The number of benzene rings is 10. The van der Waals surface area contributed by atoms with Crippen molar-refractivity contribution in [1.29, 1.82) is 0 Å². The van der Waals surface area contributed by atoms with Gasteiger partial charge in [-0.05, 0) is 162 Å². The predicted molar refractivity (Wildman–Crippen MR) is 378 cm³/mol. The maximum Gasteiger partial charge on any atom is 0.376 e. The van der Waals surface area contributed by atoms with Crippen molar-refractivity contribution < 1.29 is 13.3 Å². The monoisotopic (exact) mass is 1160 g/mol. The molecule has 89 heavy (non-hydrogen) atoms. The molecule has 2 aliphatic heterocycles. The lowest BCUT2D eigenvalue weighted by Crippen LogP contribution is -2.61. The second-order valence-corrected chi connectivity index (χ2v) is 30.3. The molecule has 10 aromatic carbocycles. The van der Waals surface area contributed by atoms with Gasteiger partial charge in [-0.15, -0.1) is 0 Å². The zero-order valence-corrected chi connectivity index (χ0v) is 54.2. The summed E-state index contributed by atoms with van der Waals surface area (Å²) in [5.74, 6) is 0. The van der Waals surface area contributed by atoms with Crippen LogP contribution in [-0.4, -0.2) is 6.85 Å². The quantitative estimate of drug-likeness (QED) is 0.155. The van der Waals surface area contributed by atoms with Crippen LogP contribution >= 0.6 is 0 Å². The average molecular weight is 1160 g/mol. The van der Waals surface area contributed by atoms with Gasteiger partial charge in [-0.3, -0.25) is 0 Å². The number of hydrogen-bond acceptors (Lipinski definition) is 6. The van der Waals surface area contributed by atoms with Crippen LogP contribution in [0.5, 0.6) is 0 Å². The third-order valence-electron chi connectivity index (χ3n) is 19.0. The Hall–Kier alpha value is -9.20. The number of rotatable bonds is 6. The SMILES string of the molecule is CC(C)(C)c1ccc(N2B3c4oc5ccc(C(C)(C)C)cc5c4N(c4ccc(C(C)(C)C)cc4-c4ccccc4)c4c3c(cc3c4oc4ccccc43)-c3cc4c(cc32)oc2cc(N(c3ccc(C(C)(C)C)cc3)c3ccc(C(C)(C)C)cc3)ccc24)cc1. The van der Waals surface area contributed by atoms with Gasteiger partial charge in [-0.1, -0.05) is 201 Å². The van der Waals surface area contributed by atoms with Gasteiger partial charge in [0.15, 0.2) is 5.58 Å². The van der Waals surface area contributed by atoms with E-state index in [1.807, 2.05) is 0 Å². The zero-order valence-electron chi connectivity index (χ0n) is 54.2. The molecule has 0 amide bonds. The van der Waals surface area contributed by atoms with Crippen molar-refractivity contribution in [1.82, 2.24) is 0 Å². The number of furan rings is 3. The zero-order chi connectivity index (χ0) is 62.0. The van der Waals surface area contributed by atoms with E-state index in [1.54, 1.807) is 0 Å². The van der Waals surface area contributed by atoms with Crippen molar-refractivity contribution >= 4 is 118 Å². The van der Waals surface area contributed by atoms with E-state index in [4.69, 9.17) is 13.3 Å². The third-order valence-corrected chi connectivity index (χ3v) is 19.0. The predicted octanol–water partition coefficient (Wildman–Crippen LogP) is 22.6. The number of fused-ring (bicyclic) bond motifs is 13. The summed E-state index contributed by atoms with van der Waals surface area (Å²) in [6.07, 6.45) is 0. The van der Waals surface area contributed by atoms with Crippen LogP contribution < -0.4 is 25.7 Å². The van der Waals surface area contributed by atoms with Crippen molar-refractivity contribution in [3.05, 3.63) is 228 Å². The maximum atomic E-state index is 7.65. The molecule has 0 unspecified atom stereocenters. The van der Waals surface area contributed by atoms with E-state index in [0.29, 0.717) is 0 Å². The summed E-state index contributed by atoms with van der Waals surface area (Å²) in [6.45, 7) is 33.8. The molecule has 0 saturated heterocycles. The van der Waals surface area contributed by atoms with Crippen LogP contribution in [0.2, 0.25) is 0 Å². The van der Waals surface area contributed by atoms with Gasteiger partial charge in [0.1, 0.15) is 28.0 Å². The largest absolute Gasteiger partial charge is 0.466 e. The minimum Gasteiger partial charge on any atom is -0.466 e. The molecule has 0 spiro atoms. The van der Waals surface area contributed by atoms with Gasteiger partial charge in [0.25, 0.3) is 0 Å². The van der Waals surface area contributed by atoms with Gasteiger partial charge < -0.3 is 27.9 Å². The van der Waals surface area contributed by atoms with E-state index in [0.717, 1.165) is 134 Å². The van der Waals surface area contributed by atoms with E-state index in [9.17, 15) is 0 Å². The summed E-state index contributed by atoms with van der Waals surface area (Å²) in [6, 6.07) is 74.6. The van der Waals surface area contributed by atoms with Crippen molar-refractivity contribution in [2.75, 3.05) is 14.6 Å². The summed E-state index contributed by atoms with van der Waals surface area (Å²) in [5.41, 5.74) is 24.9. The molecule has 442 valence electrons. The van der Waals surface area contributed by atoms with Crippen LogP contribution in [0.1, 0.15) is 132 Å². The van der Waals surface area contributed by atoms with E-state index >= 15 is 0 Å². The first kappa shape index (κ1) is 56.3. The summed E-state index contributed by atoms with van der Waals surface area (Å²) in [7, 11) is 0. The average Bonchev–Trinajstić information content (AvgIpc) is 1.67. The lowest BCUT2D eigenvalue weighted by Gasteiger charge is -2.44. The molecule has 7 heteroatoms. The highest BCUT2D eigenvalue weighted by Crippen LogP contribution is 2.56. The van der Waals surface area contributed by atoms with Gasteiger partial charge in [0, 0.05) is 78.6 Å². The van der Waals surface area contributed by atoms with Gasteiger partial charge in [0.2, 0.25) is 0 Å². The molecular formula is C82H78BN3O3. The minimum absolute atomic E-state index is 0.0157. The second kappa shape index (κ2) is 19.7. The van der Waals surface area contributed by atoms with Crippen molar-refractivity contribution in [2.24, 2.45) is 0 Å². The Morgan fingerprint density at radius 1 is 0.337 bits per heavy atom. The fourth-order valence-electron chi connectivity index (χ4n) is 13.9. The van der Waals surface area contributed by atoms with Crippen molar-refractivity contribution in [2.45, 2.75) is 131 Å². The van der Waals surface area contributed by atoms with Crippen molar-refractivity contribution in [3.8, 4) is 22.3 Å². The van der Waals surface area contributed by atoms with Gasteiger partial charge in [-0.2, -0.15) is 0 Å². The number of nitrogens with zero attached hydrogens (tertiary/aromatic N) is 3. The van der Waals surface area contributed by atoms with E-state index in [-0.39, 0.29) is 27.1 Å². The maximum absolute atomic E-state index is 7.65. The summed E-state index contributed by atoms with van der Waals surface area (Å²) in [5, 5.41) is 5.26. The van der Waals surface area contributed by atoms with E-state index < -0.39 is 6.85 Å². The lowest BCUT2D eigenvalue weighted by molar-refractivity contribution is 0.590. The Morgan fingerprint density at radius 2 is 0.854 bits per heavy atom. The van der Waals surface area contributed by atoms with Gasteiger partial charge in [0.05, 0.1) is 17.1 Å². The molecule has 5 heterocycles. The Labute approximate surface area is 524 Å². The molecule has 2 aliphatic rings. The molecule has 6 nitrogen and oxygen atoms in total. The third kappa shape index (κ3) is 9.20. The van der Waals surface area contributed by atoms with Crippen LogP contribution in [0.25, 0.3) is 77.1 Å². The van der Waals surface area contributed by atoms with Crippen LogP contribution in [0, 0.1) is 0 Å². The van der Waals surface area contributed by atoms with Crippen LogP contribution in [0.3, 0.4) is 0 Å². The molecule has 15 rings (SSSR count). The molecule has 0 atom stereocenters. The van der Waals surface area contributed by atoms with Crippen LogP contribution in [0.4, 0.5) is 45.5 Å². The summed E-state index contributed by atoms with van der Waals surface area (Å²) >= 11 is 0. The number of para-hydroxylation sites is 1. The summed E-state index contributed by atoms with van der Waals surface area (Å²) in [4.78, 5) is 7.42. The standard InChI is InChI=1S/C82H78BN3O3/c1-78(2,3)50-25-33-55(34-26-50)84(56-35-27-51(28-36-56)79(4,5)6)58-39-40-60-63-46-62-64-47-65-59-23-19-20-24-69(59)88-76(65)75-73(64)83(86(68(62)48-72(63)87-71(60)45-58)57-37-29-52(30-38-57)80(7,8)9)77-74(66-44-54(82(13,14)15)32-42-70(66)89-77)85(75)67-41-31-53(81(10,11)12)43-61(67)49-21-17-16-18-22-49/h16-48H,1-15H3. The molecule has 0 radical (unpaired) electrons. The van der Waals surface area contributed by atoms with Crippen LogP contribution in [0.15, 0.2) is 213 Å². The highest BCUT2D eigenvalue weighted by molar-refractivity contribution is 6.93. The first-order valence-electron chi connectivity index (χ1n) is 31.7. The van der Waals surface area contributed by atoms with Crippen molar-refractivity contribution in [3.63, 3.8) is 0 Å². The molecule has 0 N–H and O–H groups in total. The normalized spacial score (nSPS) is 13.7. The molecular weight excluding hydrogens is 1090 g/mol. The smallest absolute Gasteiger partial charge is 0.376 e. The van der Waals surface area contributed by atoms with Crippen LogP contribution in [-0.2, 0) is 27.1 Å². The van der Waals surface area contributed by atoms with Gasteiger partial charge in [-0.25, -0.2) is 0 Å². The molecule has 3 aromatic heterocycles. The topological polar surface area (TPSA) is 49.1 Å². The molecule has 13 aromatic rings. The highest BCUT2D eigenvalue weighted by atomic mass is 16.3. The molecule has 0 fully saturated rings. The van der Waals surface area contributed by atoms with Gasteiger partial charge >= 0.3 is 6.85 Å². The van der Waals surface area contributed by atoms with E-state index in [1.165, 1.54) is 27.8 Å². The fourth-order valence-corrected chi connectivity index (χ4v) is 13.9. The number of anilines is 8. The molecule has 0 aliphatic carbocycles. The Kier molecular flexibility index (Phi) is 12.4.